The van der Waals surface area contributed by atoms with Gasteiger partial charge in [0.25, 0.3) is 5.89 Å². The summed E-state index contributed by atoms with van der Waals surface area (Å²) in [5.74, 6) is 1.10. The molecule has 4 nitrogen and oxygen atoms in total. The molecule has 0 spiro atoms. The molecule has 0 atom stereocenters. The van der Waals surface area contributed by atoms with E-state index in [1.807, 2.05) is 36.6 Å². The Morgan fingerprint density at radius 3 is 2.84 bits per heavy atom. The zero-order valence-corrected chi connectivity index (χ0v) is 12.5. The van der Waals surface area contributed by atoms with Crippen LogP contribution in [0.25, 0.3) is 22.2 Å². The molecule has 6 heteroatoms. The summed E-state index contributed by atoms with van der Waals surface area (Å²) in [6.07, 6.45) is 0. The Morgan fingerprint density at radius 1 is 1.32 bits per heavy atom. The van der Waals surface area contributed by atoms with E-state index in [4.69, 9.17) is 10.3 Å². The Balaban J connectivity index is 1.98. The number of nitrogen functional groups attached to an aromatic ring is 1. The number of aromatic nitrogens is 2. The first-order chi connectivity index (χ1) is 9.13. The number of benzene rings is 1. The van der Waals surface area contributed by atoms with Gasteiger partial charge >= 0.3 is 0 Å². The fraction of sp³-hybridized carbons (Fsp3) is 0.0769. The van der Waals surface area contributed by atoms with E-state index in [1.54, 1.807) is 11.3 Å². The minimum absolute atomic E-state index is 0.502. The summed E-state index contributed by atoms with van der Waals surface area (Å²) >= 11 is 4.97. The van der Waals surface area contributed by atoms with Gasteiger partial charge in [0.05, 0.1) is 4.88 Å². The predicted molar refractivity (Wildman–Crippen MR) is 79.9 cm³/mol. The normalized spacial score (nSPS) is 10.8. The number of nitrogens with two attached hydrogens (primary N) is 1. The zero-order chi connectivity index (χ0) is 13.4. The first kappa shape index (κ1) is 12.4. The van der Waals surface area contributed by atoms with Crippen LogP contribution in [0.5, 0.6) is 0 Å². The molecule has 3 aromatic rings. The Kier molecular flexibility index (Phi) is 3.12. The van der Waals surface area contributed by atoms with Gasteiger partial charge in [-0.05, 0) is 52.7 Å². The standard InChI is InChI=1S/C13H10BrN3OS/c1-7-4-8(2-3-10(7)15)13-16-12(17-18-13)11-5-9(14)6-19-11/h2-6H,15H2,1H3. The molecule has 0 unspecified atom stereocenters. The fourth-order valence-electron chi connectivity index (χ4n) is 1.68. The quantitative estimate of drug-likeness (QED) is 0.715. The topological polar surface area (TPSA) is 64.9 Å². The highest BCUT2D eigenvalue weighted by molar-refractivity contribution is 9.10. The van der Waals surface area contributed by atoms with E-state index in [-0.39, 0.29) is 0 Å². The second-order valence-electron chi connectivity index (χ2n) is 4.12. The molecule has 2 N–H and O–H groups in total. The highest BCUT2D eigenvalue weighted by Crippen LogP contribution is 2.30. The van der Waals surface area contributed by atoms with Crippen LogP contribution >= 0.6 is 27.3 Å². The summed E-state index contributed by atoms with van der Waals surface area (Å²) in [6, 6.07) is 7.63. The van der Waals surface area contributed by atoms with Crippen molar-refractivity contribution in [1.82, 2.24) is 10.1 Å². The molecular weight excluding hydrogens is 326 g/mol. The van der Waals surface area contributed by atoms with Crippen LogP contribution in [0.2, 0.25) is 0 Å². The number of thiophene rings is 1. The van der Waals surface area contributed by atoms with Crippen LogP contribution in [-0.4, -0.2) is 10.1 Å². The number of halogens is 1. The summed E-state index contributed by atoms with van der Waals surface area (Å²) in [6.45, 7) is 1.95. The van der Waals surface area contributed by atoms with Crippen molar-refractivity contribution >= 4 is 33.0 Å². The van der Waals surface area contributed by atoms with Crippen LogP contribution in [0.4, 0.5) is 5.69 Å². The Labute approximate surface area is 122 Å². The SMILES string of the molecule is Cc1cc(-c2nc(-c3cc(Br)cs3)no2)ccc1N. The Bertz CT molecular complexity index is 735. The van der Waals surface area contributed by atoms with Crippen LogP contribution < -0.4 is 5.73 Å². The zero-order valence-electron chi connectivity index (χ0n) is 10.1. The van der Waals surface area contributed by atoms with Crippen molar-refractivity contribution in [3.63, 3.8) is 0 Å². The number of anilines is 1. The lowest BCUT2D eigenvalue weighted by Gasteiger charge is -2.00. The maximum atomic E-state index is 5.80. The lowest BCUT2D eigenvalue weighted by molar-refractivity contribution is 0.432. The van der Waals surface area contributed by atoms with Crippen LogP contribution in [0.15, 0.2) is 38.6 Å². The fourth-order valence-corrected chi connectivity index (χ4v) is 3.03. The van der Waals surface area contributed by atoms with Crippen molar-refractivity contribution in [2.75, 3.05) is 5.73 Å². The molecular formula is C13H10BrN3OS. The van der Waals surface area contributed by atoms with Crippen molar-refractivity contribution in [3.05, 3.63) is 39.7 Å². The van der Waals surface area contributed by atoms with Crippen molar-refractivity contribution < 1.29 is 4.52 Å². The molecule has 0 aliphatic rings. The van der Waals surface area contributed by atoms with Crippen LogP contribution in [0.1, 0.15) is 5.56 Å². The molecule has 19 heavy (non-hydrogen) atoms. The van der Waals surface area contributed by atoms with Crippen molar-refractivity contribution in [1.29, 1.82) is 0 Å². The molecule has 0 radical (unpaired) electrons. The van der Waals surface area contributed by atoms with Gasteiger partial charge in [-0.15, -0.1) is 11.3 Å². The van der Waals surface area contributed by atoms with Crippen LogP contribution in [0.3, 0.4) is 0 Å². The highest BCUT2D eigenvalue weighted by Gasteiger charge is 2.12. The number of aryl methyl sites for hydroxylation is 1. The van der Waals surface area contributed by atoms with Gasteiger partial charge in [-0.2, -0.15) is 4.98 Å². The Morgan fingerprint density at radius 2 is 2.16 bits per heavy atom. The van der Waals surface area contributed by atoms with Crippen molar-refractivity contribution in [3.8, 4) is 22.2 Å². The Hall–Kier alpha value is -1.66. The van der Waals surface area contributed by atoms with E-state index < -0.39 is 0 Å². The van der Waals surface area contributed by atoms with E-state index in [0.29, 0.717) is 11.7 Å². The lowest BCUT2D eigenvalue weighted by atomic mass is 10.1. The number of hydrogen-bond acceptors (Lipinski definition) is 5. The highest BCUT2D eigenvalue weighted by atomic mass is 79.9. The van der Waals surface area contributed by atoms with Crippen molar-refractivity contribution in [2.24, 2.45) is 0 Å². The molecule has 0 saturated heterocycles. The summed E-state index contributed by atoms with van der Waals surface area (Å²) in [5.41, 5.74) is 8.42. The molecule has 2 aromatic heterocycles. The number of rotatable bonds is 2. The molecule has 0 amide bonds. The summed E-state index contributed by atoms with van der Waals surface area (Å²) in [7, 11) is 0. The average Bonchev–Trinajstić information content (AvgIpc) is 3.01. The van der Waals surface area contributed by atoms with Crippen LogP contribution in [-0.2, 0) is 0 Å². The third-order valence-electron chi connectivity index (χ3n) is 2.73. The third-order valence-corrected chi connectivity index (χ3v) is 4.42. The maximum absolute atomic E-state index is 5.80. The van der Waals surface area contributed by atoms with Gasteiger partial charge in [0.15, 0.2) is 0 Å². The van der Waals surface area contributed by atoms with Gasteiger partial charge < -0.3 is 10.3 Å². The van der Waals surface area contributed by atoms with E-state index in [0.717, 1.165) is 26.2 Å². The molecule has 0 aliphatic carbocycles. The number of hydrogen-bond donors (Lipinski definition) is 1. The lowest BCUT2D eigenvalue weighted by Crippen LogP contribution is -1.89. The maximum Gasteiger partial charge on any atom is 0.258 e. The second kappa shape index (κ2) is 4.79. The second-order valence-corrected chi connectivity index (χ2v) is 5.95. The van der Waals surface area contributed by atoms with Gasteiger partial charge in [0.2, 0.25) is 5.82 Å². The van der Waals surface area contributed by atoms with E-state index in [2.05, 4.69) is 26.1 Å². The van der Waals surface area contributed by atoms with Gasteiger partial charge in [-0.1, -0.05) is 5.16 Å². The first-order valence-electron chi connectivity index (χ1n) is 5.58. The van der Waals surface area contributed by atoms with Crippen molar-refractivity contribution in [2.45, 2.75) is 6.92 Å². The summed E-state index contributed by atoms with van der Waals surface area (Å²) < 4.78 is 6.31. The summed E-state index contributed by atoms with van der Waals surface area (Å²) in [4.78, 5) is 5.37. The molecule has 1 aromatic carbocycles. The molecule has 2 heterocycles. The largest absolute Gasteiger partial charge is 0.399 e. The minimum atomic E-state index is 0.502. The summed E-state index contributed by atoms with van der Waals surface area (Å²) in [5, 5.41) is 5.99. The smallest absolute Gasteiger partial charge is 0.258 e. The average molecular weight is 336 g/mol. The molecule has 0 bridgehead atoms. The molecule has 3 rings (SSSR count). The minimum Gasteiger partial charge on any atom is -0.399 e. The molecule has 0 aliphatic heterocycles. The van der Waals surface area contributed by atoms with Gasteiger partial charge in [0, 0.05) is 21.1 Å². The molecule has 0 fully saturated rings. The number of nitrogens with zero attached hydrogens (tertiary/aromatic N) is 2. The van der Waals surface area contributed by atoms with E-state index in [1.165, 1.54) is 0 Å². The van der Waals surface area contributed by atoms with Gasteiger partial charge in [0.1, 0.15) is 0 Å². The molecule has 96 valence electrons. The monoisotopic (exact) mass is 335 g/mol. The van der Waals surface area contributed by atoms with Gasteiger partial charge in [-0.25, -0.2) is 0 Å². The first-order valence-corrected chi connectivity index (χ1v) is 7.25. The third kappa shape index (κ3) is 2.41. The van der Waals surface area contributed by atoms with Gasteiger partial charge in [-0.3, -0.25) is 0 Å². The van der Waals surface area contributed by atoms with E-state index in [9.17, 15) is 0 Å². The van der Waals surface area contributed by atoms with E-state index >= 15 is 0 Å². The predicted octanol–water partition coefficient (Wildman–Crippen LogP) is 4.12. The van der Waals surface area contributed by atoms with Crippen LogP contribution in [0, 0.1) is 6.92 Å². The molecule has 0 saturated carbocycles.